The highest BCUT2D eigenvalue weighted by Crippen LogP contribution is 2.45. The van der Waals surface area contributed by atoms with E-state index in [0.29, 0.717) is 11.5 Å². The van der Waals surface area contributed by atoms with Crippen LogP contribution in [0.3, 0.4) is 0 Å². The van der Waals surface area contributed by atoms with Crippen LogP contribution in [0, 0.1) is 0 Å². The number of hydrogen-bond donors (Lipinski definition) is 2. The number of nitrogens with zero attached hydrogens (tertiary/aromatic N) is 1. The Morgan fingerprint density at radius 2 is 1.96 bits per heavy atom. The quantitative estimate of drug-likeness (QED) is 0.425. The Morgan fingerprint density at radius 1 is 1.30 bits per heavy atom. The maximum absolute atomic E-state index is 12.4. The minimum absolute atomic E-state index is 0. The molecule has 2 unspecified atom stereocenters. The average molecular weight is 443 g/mol. The lowest BCUT2D eigenvalue weighted by Gasteiger charge is -2.15. The Labute approximate surface area is 150 Å². The molecule has 0 aliphatic heterocycles. The molecule has 0 saturated heterocycles. The number of para-hydroxylation sites is 1. The van der Waals surface area contributed by atoms with E-state index >= 15 is 0 Å². The van der Waals surface area contributed by atoms with Gasteiger partial charge in [-0.2, -0.15) is 0 Å². The Bertz CT molecular complexity index is 549. The van der Waals surface area contributed by atoms with Gasteiger partial charge in [-0.15, -0.1) is 37.1 Å². The topological polar surface area (TPSA) is 45.7 Å². The lowest BCUT2D eigenvalue weighted by Crippen LogP contribution is -2.42. The molecule has 23 heavy (non-hydrogen) atoms. The molecule has 4 nitrogen and oxygen atoms in total. The molecule has 0 radical (unpaired) electrons. The summed E-state index contributed by atoms with van der Waals surface area (Å²) in [5.41, 5.74) is 0.567. The summed E-state index contributed by atoms with van der Waals surface area (Å²) in [6.07, 6.45) is -3.93. The van der Waals surface area contributed by atoms with Gasteiger partial charge in [0.25, 0.3) is 0 Å². The maximum Gasteiger partial charge on any atom is 0.573 e. The van der Waals surface area contributed by atoms with Crippen molar-refractivity contribution in [3.63, 3.8) is 0 Å². The smallest absolute Gasteiger partial charge is 0.405 e. The molecule has 1 saturated carbocycles. The van der Waals surface area contributed by atoms with Gasteiger partial charge in [-0.3, -0.25) is 4.99 Å². The van der Waals surface area contributed by atoms with E-state index in [1.54, 1.807) is 19.2 Å². The minimum Gasteiger partial charge on any atom is -0.405 e. The Morgan fingerprint density at radius 3 is 2.52 bits per heavy atom. The van der Waals surface area contributed by atoms with Crippen LogP contribution < -0.4 is 15.4 Å². The normalized spacial score (nSPS) is 20.7. The second kappa shape index (κ2) is 8.07. The van der Waals surface area contributed by atoms with Crippen LogP contribution in [-0.2, 0) is 0 Å². The summed E-state index contributed by atoms with van der Waals surface area (Å²) in [6.45, 7) is 3.98. The standard InChI is InChI=1S/C15H20F3N3O.HI/c1-9(2)20-14(19-3)21-12-8-11(12)10-6-4-5-7-13(10)22-15(16,17)18;/h4-7,9,11-12H,8H2,1-3H3,(H2,19,20,21);1H. The fourth-order valence-corrected chi connectivity index (χ4v) is 2.32. The molecule has 2 rings (SSSR count). The van der Waals surface area contributed by atoms with Crippen molar-refractivity contribution in [2.45, 2.75) is 44.6 Å². The second-order valence-corrected chi connectivity index (χ2v) is 5.55. The average Bonchev–Trinajstić information content (AvgIpc) is 3.15. The van der Waals surface area contributed by atoms with Gasteiger partial charge < -0.3 is 15.4 Å². The van der Waals surface area contributed by atoms with E-state index in [-0.39, 0.29) is 47.7 Å². The van der Waals surface area contributed by atoms with Crippen molar-refractivity contribution in [3.05, 3.63) is 29.8 Å². The van der Waals surface area contributed by atoms with E-state index in [4.69, 9.17) is 0 Å². The fourth-order valence-electron chi connectivity index (χ4n) is 2.32. The van der Waals surface area contributed by atoms with E-state index in [0.717, 1.165) is 6.42 Å². The van der Waals surface area contributed by atoms with Crippen LogP contribution in [0.25, 0.3) is 0 Å². The summed E-state index contributed by atoms with van der Waals surface area (Å²) in [5.74, 6) is 0.511. The van der Waals surface area contributed by atoms with Crippen molar-refractivity contribution in [3.8, 4) is 5.75 Å². The molecule has 0 aromatic heterocycles. The summed E-state index contributed by atoms with van der Waals surface area (Å²) in [6, 6.07) is 6.56. The van der Waals surface area contributed by atoms with Crippen LogP contribution in [0.4, 0.5) is 13.2 Å². The van der Waals surface area contributed by atoms with Crippen LogP contribution in [0.1, 0.15) is 31.7 Å². The Kier molecular flexibility index (Phi) is 6.97. The van der Waals surface area contributed by atoms with Gasteiger partial charge >= 0.3 is 6.36 Å². The number of nitrogens with one attached hydrogen (secondary N) is 2. The van der Waals surface area contributed by atoms with Crippen molar-refractivity contribution in [1.82, 2.24) is 10.6 Å². The summed E-state index contributed by atoms with van der Waals surface area (Å²) < 4.78 is 41.4. The number of guanidine groups is 1. The number of alkyl halides is 3. The van der Waals surface area contributed by atoms with E-state index in [1.165, 1.54) is 12.1 Å². The highest BCUT2D eigenvalue weighted by Gasteiger charge is 2.42. The zero-order chi connectivity index (χ0) is 16.3. The molecule has 1 aliphatic rings. The number of hydrogen-bond acceptors (Lipinski definition) is 2. The zero-order valence-electron chi connectivity index (χ0n) is 13.1. The van der Waals surface area contributed by atoms with Crippen molar-refractivity contribution in [2.24, 2.45) is 4.99 Å². The molecular formula is C15H21F3IN3O. The molecule has 0 spiro atoms. The molecule has 0 bridgehead atoms. The van der Waals surface area contributed by atoms with Crippen molar-refractivity contribution in [2.75, 3.05) is 7.05 Å². The number of aliphatic imine (C=N–C) groups is 1. The fraction of sp³-hybridized carbons (Fsp3) is 0.533. The van der Waals surface area contributed by atoms with Gasteiger partial charge in [-0.25, -0.2) is 0 Å². The molecule has 0 amide bonds. The first-order chi connectivity index (χ1) is 10.3. The first-order valence-electron chi connectivity index (χ1n) is 7.14. The molecule has 0 heterocycles. The largest absolute Gasteiger partial charge is 0.573 e. The SMILES string of the molecule is CN=C(NC(C)C)NC1CC1c1ccccc1OC(F)(F)F.I. The van der Waals surface area contributed by atoms with Gasteiger partial charge in [-0.05, 0) is 31.9 Å². The highest BCUT2D eigenvalue weighted by molar-refractivity contribution is 14.0. The summed E-state index contributed by atoms with van der Waals surface area (Å²) in [4.78, 5) is 4.10. The van der Waals surface area contributed by atoms with E-state index < -0.39 is 6.36 Å². The molecule has 2 atom stereocenters. The molecule has 1 fully saturated rings. The minimum atomic E-state index is -4.68. The van der Waals surface area contributed by atoms with Crippen LogP contribution in [0.2, 0.25) is 0 Å². The molecule has 130 valence electrons. The third kappa shape index (κ3) is 6.08. The third-order valence-corrected chi connectivity index (χ3v) is 3.31. The summed E-state index contributed by atoms with van der Waals surface area (Å²) in [7, 11) is 1.66. The number of halogens is 4. The number of benzene rings is 1. The predicted octanol–water partition coefficient (Wildman–Crippen LogP) is 3.63. The first-order valence-corrected chi connectivity index (χ1v) is 7.14. The molecule has 1 aromatic rings. The van der Waals surface area contributed by atoms with Gasteiger partial charge in [0, 0.05) is 25.0 Å². The highest BCUT2D eigenvalue weighted by atomic mass is 127. The zero-order valence-corrected chi connectivity index (χ0v) is 15.5. The summed E-state index contributed by atoms with van der Waals surface area (Å²) >= 11 is 0. The number of rotatable bonds is 4. The molecule has 8 heteroatoms. The third-order valence-electron chi connectivity index (χ3n) is 3.31. The van der Waals surface area contributed by atoms with E-state index in [2.05, 4.69) is 20.4 Å². The lowest BCUT2D eigenvalue weighted by molar-refractivity contribution is -0.274. The van der Waals surface area contributed by atoms with E-state index in [1.807, 2.05) is 13.8 Å². The predicted molar refractivity (Wildman–Crippen MR) is 94.5 cm³/mol. The maximum atomic E-state index is 12.4. The second-order valence-electron chi connectivity index (χ2n) is 5.55. The lowest BCUT2D eigenvalue weighted by atomic mass is 10.1. The molecule has 1 aromatic carbocycles. The van der Waals surface area contributed by atoms with Gasteiger partial charge in [0.05, 0.1) is 0 Å². The van der Waals surface area contributed by atoms with Crippen LogP contribution in [-0.4, -0.2) is 31.5 Å². The van der Waals surface area contributed by atoms with Crippen molar-refractivity contribution < 1.29 is 17.9 Å². The van der Waals surface area contributed by atoms with Crippen molar-refractivity contribution in [1.29, 1.82) is 0 Å². The van der Waals surface area contributed by atoms with Gasteiger partial charge in [0.1, 0.15) is 5.75 Å². The molecule has 1 aliphatic carbocycles. The Balaban J connectivity index is 0.00000264. The van der Waals surface area contributed by atoms with Gasteiger partial charge in [-0.1, -0.05) is 18.2 Å². The van der Waals surface area contributed by atoms with Gasteiger partial charge in [0.2, 0.25) is 0 Å². The first kappa shape index (κ1) is 19.9. The molecule has 2 N–H and O–H groups in total. The van der Waals surface area contributed by atoms with Crippen molar-refractivity contribution >= 4 is 29.9 Å². The van der Waals surface area contributed by atoms with Gasteiger partial charge in [0.15, 0.2) is 5.96 Å². The van der Waals surface area contributed by atoms with Crippen LogP contribution >= 0.6 is 24.0 Å². The summed E-state index contributed by atoms with van der Waals surface area (Å²) in [5, 5.41) is 6.37. The Hall–Kier alpha value is -1.19. The van der Waals surface area contributed by atoms with Crippen LogP contribution in [0.5, 0.6) is 5.75 Å². The monoisotopic (exact) mass is 443 g/mol. The van der Waals surface area contributed by atoms with E-state index in [9.17, 15) is 13.2 Å². The number of ether oxygens (including phenoxy) is 1. The van der Waals surface area contributed by atoms with Crippen LogP contribution in [0.15, 0.2) is 29.3 Å². The molecular weight excluding hydrogens is 422 g/mol.